The minimum Gasteiger partial charge on any atom is -0.323 e. The Morgan fingerprint density at radius 3 is 2.69 bits per heavy atom. The van der Waals surface area contributed by atoms with Gasteiger partial charge < -0.3 is 10.7 Å². The molecule has 1 unspecified atom stereocenters. The van der Waals surface area contributed by atoms with Gasteiger partial charge in [-0.2, -0.15) is 5.10 Å². The predicted molar refractivity (Wildman–Crippen MR) is 64.2 cm³/mol. The molecule has 1 fully saturated rings. The Kier molecular flexibility index (Phi) is 2.90. The lowest BCUT2D eigenvalue weighted by Gasteiger charge is -2.31. The van der Waals surface area contributed by atoms with E-state index in [1.165, 1.54) is 0 Å². The molecule has 1 heterocycles. The van der Waals surface area contributed by atoms with E-state index < -0.39 is 0 Å². The van der Waals surface area contributed by atoms with Gasteiger partial charge in [-0.05, 0) is 18.1 Å². The van der Waals surface area contributed by atoms with Gasteiger partial charge in [-0.3, -0.25) is 4.79 Å². The molecule has 16 heavy (non-hydrogen) atoms. The minimum absolute atomic E-state index is 0.0770. The Balaban J connectivity index is 2.31. The molecule has 2 rings (SSSR count). The molecule has 0 aromatic heterocycles. The summed E-state index contributed by atoms with van der Waals surface area (Å²) in [5.41, 5.74) is 1.36. The van der Waals surface area contributed by atoms with Crippen molar-refractivity contribution in [3.05, 3.63) is 30.3 Å². The van der Waals surface area contributed by atoms with Crippen LogP contribution in [0, 0.1) is 5.92 Å². The van der Waals surface area contributed by atoms with Crippen LogP contribution in [-0.4, -0.2) is 18.2 Å². The zero-order valence-corrected chi connectivity index (χ0v) is 9.26. The molecule has 1 atom stereocenters. The molecule has 1 aliphatic heterocycles. The van der Waals surface area contributed by atoms with Crippen molar-refractivity contribution in [2.24, 2.45) is 16.9 Å². The lowest BCUT2D eigenvalue weighted by atomic mass is 9.97. The van der Waals surface area contributed by atoms with E-state index in [-0.39, 0.29) is 5.91 Å². The fourth-order valence-corrected chi connectivity index (χ4v) is 1.97. The molecule has 1 aromatic rings. The van der Waals surface area contributed by atoms with Crippen LogP contribution in [0.15, 0.2) is 35.4 Å². The van der Waals surface area contributed by atoms with Crippen molar-refractivity contribution in [2.45, 2.75) is 13.3 Å². The summed E-state index contributed by atoms with van der Waals surface area (Å²) in [5, 5.41) is 3.58. The highest BCUT2D eigenvalue weighted by Gasteiger charge is 2.29. The maximum Gasteiger partial charge on any atom is 0.274 e. The third-order valence-corrected chi connectivity index (χ3v) is 2.75. The molecule has 1 aliphatic rings. The van der Waals surface area contributed by atoms with E-state index in [0.29, 0.717) is 18.1 Å². The molecular weight excluding hydrogens is 202 g/mol. The van der Waals surface area contributed by atoms with Crippen LogP contribution in [0.25, 0.3) is 0 Å². The molecule has 2 N–H and O–H groups in total. The number of anilines is 1. The third kappa shape index (κ3) is 1.91. The van der Waals surface area contributed by atoms with Crippen molar-refractivity contribution in [2.75, 3.05) is 11.4 Å². The second kappa shape index (κ2) is 4.35. The van der Waals surface area contributed by atoms with Crippen LogP contribution >= 0.6 is 0 Å². The van der Waals surface area contributed by atoms with Crippen LogP contribution in [-0.2, 0) is 4.79 Å². The van der Waals surface area contributed by atoms with E-state index in [1.807, 2.05) is 30.3 Å². The lowest BCUT2D eigenvalue weighted by Crippen LogP contribution is -2.45. The van der Waals surface area contributed by atoms with Gasteiger partial charge in [-0.1, -0.05) is 25.1 Å². The van der Waals surface area contributed by atoms with E-state index in [4.69, 9.17) is 5.84 Å². The van der Waals surface area contributed by atoms with Crippen molar-refractivity contribution < 1.29 is 4.79 Å². The highest BCUT2D eigenvalue weighted by atomic mass is 16.2. The smallest absolute Gasteiger partial charge is 0.274 e. The number of hydrazone groups is 1. The normalized spacial score (nSPS) is 23.8. The molecule has 0 radical (unpaired) electrons. The number of amides is 1. The van der Waals surface area contributed by atoms with Gasteiger partial charge in [0, 0.05) is 18.7 Å². The van der Waals surface area contributed by atoms with Gasteiger partial charge in [0.2, 0.25) is 0 Å². The highest BCUT2D eigenvalue weighted by molar-refractivity contribution is 6.44. The molecule has 4 nitrogen and oxygen atoms in total. The number of hydrogen-bond acceptors (Lipinski definition) is 3. The molecule has 0 aliphatic carbocycles. The summed E-state index contributed by atoms with van der Waals surface area (Å²) >= 11 is 0. The van der Waals surface area contributed by atoms with Crippen LogP contribution in [0.3, 0.4) is 0 Å². The van der Waals surface area contributed by atoms with Crippen LogP contribution in [0.1, 0.15) is 13.3 Å². The summed E-state index contributed by atoms with van der Waals surface area (Å²) in [6.45, 7) is 2.81. The first-order valence-corrected chi connectivity index (χ1v) is 5.36. The van der Waals surface area contributed by atoms with Crippen LogP contribution in [0.4, 0.5) is 5.69 Å². The Labute approximate surface area is 94.7 Å². The number of carbonyl (C=O) groups is 1. The van der Waals surface area contributed by atoms with E-state index in [0.717, 1.165) is 12.2 Å². The largest absolute Gasteiger partial charge is 0.323 e. The van der Waals surface area contributed by atoms with Crippen molar-refractivity contribution in [3.63, 3.8) is 0 Å². The summed E-state index contributed by atoms with van der Waals surface area (Å²) in [6.07, 6.45) is 0.665. The van der Waals surface area contributed by atoms with E-state index in [9.17, 15) is 4.79 Å². The molecule has 84 valence electrons. The first-order chi connectivity index (χ1) is 7.72. The fraction of sp³-hybridized carbons (Fsp3) is 0.333. The van der Waals surface area contributed by atoms with E-state index in [2.05, 4.69) is 12.0 Å². The van der Waals surface area contributed by atoms with Gasteiger partial charge in [0.1, 0.15) is 5.71 Å². The van der Waals surface area contributed by atoms with Crippen molar-refractivity contribution in [1.82, 2.24) is 0 Å². The molecule has 4 heteroatoms. The fourth-order valence-electron chi connectivity index (χ4n) is 1.97. The molecule has 0 saturated carbocycles. The summed E-state index contributed by atoms with van der Waals surface area (Å²) in [5.74, 6) is 5.55. The number of para-hydroxylation sites is 1. The van der Waals surface area contributed by atoms with E-state index >= 15 is 0 Å². The Morgan fingerprint density at radius 2 is 2.06 bits per heavy atom. The lowest BCUT2D eigenvalue weighted by molar-refractivity contribution is -0.113. The summed E-state index contributed by atoms with van der Waals surface area (Å²) in [7, 11) is 0. The number of nitrogens with zero attached hydrogens (tertiary/aromatic N) is 2. The van der Waals surface area contributed by atoms with Gasteiger partial charge >= 0.3 is 0 Å². The zero-order chi connectivity index (χ0) is 11.5. The molecule has 0 bridgehead atoms. The molecular formula is C12H15N3O. The first-order valence-electron chi connectivity index (χ1n) is 5.36. The average molecular weight is 217 g/mol. The second-order valence-electron chi connectivity index (χ2n) is 4.14. The average Bonchev–Trinajstić information content (AvgIpc) is 2.33. The SMILES string of the molecule is CC1CC(=NN)C(=O)N(c2ccccc2)C1. The standard InChI is InChI=1S/C12H15N3O/c1-9-7-11(14-13)12(16)15(8-9)10-5-3-2-4-6-10/h2-6,9H,7-8,13H2,1H3. The Morgan fingerprint density at radius 1 is 1.38 bits per heavy atom. The molecule has 1 amide bonds. The first kappa shape index (κ1) is 10.7. The van der Waals surface area contributed by atoms with Gasteiger partial charge in [-0.25, -0.2) is 0 Å². The summed E-state index contributed by atoms with van der Waals surface area (Å²) in [4.78, 5) is 13.8. The van der Waals surface area contributed by atoms with Crippen LogP contribution in [0.2, 0.25) is 0 Å². The predicted octanol–water partition coefficient (Wildman–Crippen LogP) is 1.37. The summed E-state index contributed by atoms with van der Waals surface area (Å²) in [6, 6.07) is 9.61. The quantitative estimate of drug-likeness (QED) is 0.570. The third-order valence-electron chi connectivity index (χ3n) is 2.75. The topological polar surface area (TPSA) is 58.7 Å². The van der Waals surface area contributed by atoms with Crippen LogP contribution < -0.4 is 10.7 Å². The van der Waals surface area contributed by atoms with Gasteiger partial charge in [0.15, 0.2) is 0 Å². The highest BCUT2D eigenvalue weighted by Crippen LogP contribution is 2.22. The Bertz CT molecular complexity index is 414. The number of carbonyl (C=O) groups excluding carboxylic acids is 1. The van der Waals surface area contributed by atoms with Gasteiger partial charge in [0.05, 0.1) is 0 Å². The zero-order valence-electron chi connectivity index (χ0n) is 9.26. The summed E-state index contributed by atoms with van der Waals surface area (Å²) < 4.78 is 0. The molecule has 1 aromatic carbocycles. The van der Waals surface area contributed by atoms with Crippen molar-refractivity contribution >= 4 is 17.3 Å². The maximum atomic E-state index is 12.0. The number of piperidine rings is 1. The number of hydrogen-bond donors (Lipinski definition) is 1. The number of benzene rings is 1. The number of rotatable bonds is 1. The van der Waals surface area contributed by atoms with Crippen molar-refractivity contribution in [3.8, 4) is 0 Å². The van der Waals surface area contributed by atoms with Crippen molar-refractivity contribution in [1.29, 1.82) is 0 Å². The molecule has 0 spiro atoms. The number of nitrogens with two attached hydrogens (primary N) is 1. The van der Waals surface area contributed by atoms with Gasteiger partial charge in [0.25, 0.3) is 5.91 Å². The van der Waals surface area contributed by atoms with E-state index in [1.54, 1.807) is 4.90 Å². The second-order valence-corrected chi connectivity index (χ2v) is 4.14. The Hall–Kier alpha value is -1.84. The van der Waals surface area contributed by atoms with Gasteiger partial charge in [-0.15, -0.1) is 0 Å². The molecule has 1 saturated heterocycles. The minimum atomic E-state index is -0.0770. The maximum absolute atomic E-state index is 12.0. The van der Waals surface area contributed by atoms with Crippen LogP contribution in [0.5, 0.6) is 0 Å². The monoisotopic (exact) mass is 217 g/mol.